The van der Waals surface area contributed by atoms with Crippen LogP contribution in [0, 0.1) is 0 Å². The van der Waals surface area contributed by atoms with Crippen molar-refractivity contribution < 1.29 is 4.84 Å². The summed E-state index contributed by atoms with van der Waals surface area (Å²) in [6.07, 6.45) is 8.08. The van der Waals surface area contributed by atoms with Crippen LogP contribution >= 0.6 is 15.9 Å². The van der Waals surface area contributed by atoms with Crippen LogP contribution in [0.2, 0.25) is 0 Å². The maximum atomic E-state index is 12.8. The van der Waals surface area contributed by atoms with E-state index in [4.69, 9.17) is 9.82 Å². The highest BCUT2D eigenvalue weighted by Crippen LogP contribution is 2.64. The summed E-state index contributed by atoms with van der Waals surface area (Å²) in [4.78, 5) is 32.1. The van der Waals surface area contributed by atoms with Crippen LogP contribution in [0.3, 0.4) is 0 Å². The molecule has 1 saturated carbocycles. The zero-order chi connectivity index (χ0) is 20.3. The SMILES string of the molecule is O=c1cc(-c2ccncn2)nc2n1CCC13CCC1(CCc1cccc(Br)c1)ON23. The molecular formula is C22H20BrN5O2. The molecule has 0 bridgehead atoms. The third kappa shape index (κ3) is 2.46. The van der Waals surface area contributed by atoms with Gasteiger partial charge in [0.2, 0.25) is 5.95 Å². The second kappa shape index (κ2) is 6.46. The third-order valence-electron chi connectivity index (χ3n) is 6.91. The number of hydroxylamine groups is 1. The summed E-state index contributed by atoms with van der Waals surface area (Å²) in [7, 11) is 0. The fourth-order valence-corrected chi connectivity index (χ4v) is 5.64. The fraction of sp³-hybridized carbons (Fsp3) is 0.364. The number of aromatic nitrogens is 4. The van der Waals surface area contributed by atoms with Gasteiger partial charge in [-0.05, 0) is 55.9 Å². The normalized spacial score (nSPS) is 26.1. The Balaban J connectivity index is 1.31. The first kappa shape index (κ1) is 18.2. The van der Waals surface area contributed by atoms with E-state index < -0.39 is 0 Å². The molecule has 0 N–H and O–H groups in total. The highest BCUT2D eigenvalue weighted by atomic mass is 79.9. The van der Waals surface area contributed by atoms with Gasteiger partial charge in [-0.1, -0.05) is 28.1 Å². The fourth-order valence-electron chi connectivity index (χ4n) is 5.19. The summed E-state index contributed by atoms with van der Waals surface area (Å²) in [6, 6.07) is 11.8. The Hall–Kier alpha value is -2.58. The smallest absolute Gasteiger partial charge is 0.255 e. The second-order valence-electron chi connectivity index (χ2n) is 8.32. The van der Waals surface area contributed by atoms with Crippen molar-refractivity contribution in [1.82, 2.24) is 19.5 Å². The zero-order valence-corrected chi connectivity index (χ0v) is 17.9. The van der Waals surface area contributed by atoms with Crippen molar-refractivity contribution in [2.75, 3.05) is 5.06 Å². The largest absolute Gasteiger partial charge is 0.277 e. The summed E-state index contributed by atoms with van der Waals surface area (Å²) >= 11 is 3.56. The lowest BCUT2D eigenvalue weighted by Crippen LogP contribution is -2.85. The predicted octanol–water partition coefficient (Wildman–Crippen LogP) is 3.52. The van der Waals surface area contributed by atoms with Gasteiger partial charge in [-0.2, -0.15) is 0 Å². The number of nitrogens with zero attached hydrogens (tertiary/aromatic N) is 5. The first-order valence-corrected chi connectivity index (χ1v) is 11.0. The van der Waals surface area contributed by atoms with E-state index in [0.29, 0.717) is 23.9 Å². The average Bonchev–Trinajstić information content (AvgIpc) is 2.76. The Bertz CT molecular complexity index is 1200. The van der Waals surface area contributed by atoms with Crippen molar-refractivity contribution in [3.63, 3.8) is 0 Å². The molecule has 8 heteroatoms. The Morgan fingerprint density at radius 2 is 2.07 bits per heavy atom. The molecule has 30 heavy (non-hydrogen) atoms. The van der Waals surface area contributed by atoms with Crippen molar-refractivity contribution in [2.45, 2.75) is 49.8 Å². The van der Waals surface area contributed by atoms with E-state index in [1.54, 1.807) is 22.9 Å². The Kier molecular flexibility index (Phi) is 3.92. The molecule has 0 radical (unpaired) electrons. The average molecular weight is 466 g/mol. The van der Waals surface area contributed by atoms with Crippen LogP contribution in [0.1, 0.15) is 31.2 Å². The van der Waals surface area contributed by atoms with Crippen molar-refractivity contribution in [3.8, 4) is 11.4 Å². The maximum absolute atomic E-state index is 12.8. The molecule has 0 amide bonds. The lowest BCUT2D eigenvalue weighted by atomic mass is 9.56. The molecule has 3 aliphatic rings. The van der Waals surface area contributed by atoms with Gasteiger partial charge in [0, 0.05) is 23.3 Å². The molecule has 2 aliphatic heterocycles. The number of rotatable bonds is 4. The lowest BCUT2D eigenvalue weighted by molar-refractivity contribution is -0.310. The summed E-state index contributed by atoms with van der Waals surface area (Å²) in [5.74, 6) is 0.597. The molecule has 2 unspecified atom stereocenters. The predicted molar refractivity (Wildman–Crippen MR) is 115 cm³/mol. The number of anilines is 1. The first-order valence-electron chi connectivity index (χ1n) is 10.2. The number of hydrogen-bond acceptors (Lipinski definition) is 6. The van der Waals surface area contributed by atoms with Crippen LogP contribution in [-0.4, -0.2) is 30.7 Å². The number of aryl methyl sites for hydroxylation is 1. The molecule has 4 heterocycles. The Morgan fingerprint density at radius 3 is 2.83 bits per heavy atom. The van der Waals surface area contributed by atoms with E-state index in [2.05, 4.69) is 44.1 Å². The second-order valence-corrected chi connectivity index (χ2v) is 9.23. The van der Waals surface area contributed by atoms with Crippen LogP contribution in [0.25, 0.3) is 11.4 Å². The van der Waals surface area contributed by atoms with Crippen molar-refractivity contribution in [3.05, 3.63) is 69.3 Å². The van der Waals surface area contributed by atoms with Crippen molar-refractivity contribution in [2.24, 2.45) is 0 Å². The van der Waals surface area contributed by atoms with Gasteiger partial charge >= 0.3 is 0 Å². The van der Waals surface area contributed by atoms with E-state index in [1.807, 2.05) is 11.1 Å². The number of benzene rings is 1. The van der Waals surface area contributed by atoms with Gasteiger partial charge in [0.15, 0.2) is 0 Å². The van der Waals surface area contributed by atoms with E-state index in [-0.39, 0.29) is 16.7 Å². The minimum atomic E-state index is -0.150. The van der Waals surface area contributed by atoms with Crippen LogP contribution in [-0.2, 0) is 17.8 Å². The highest BCUT2D eigenvalue weighted by molar-refractivity contribution is 9.10. The van der Waals surface area contributed by atoms with Crippen LogP contribution < -0.4 is 10.6 Å². The first-order chi connectivity index (χ1) is 14.6. The minimum Gasteiger partial charge on any atom is -0.277 e. The summed E-state index contributed by atoms with van der Waals surface area (Å²) < 4.78 is 2.82. The summed E-state index contributed by atoms with van der Waals surface area (Å²) in [5.41, 5.74) is 2.23. The zero-order valence-electron chi connectivity index (χ0n) is 16.3. The molecule has 1 aliphatic carbocycles. The standard InChI is InChI=1S/C22H20BrN5O2/c23-16-3-1-2-15(12-16)4-6-22-8-7-21(22)9-11-27-19(29)13-18(17-5-10-24-14-25-17)26-20(27)28(21)30-22/h1-3,5,10,12-14H,4,6-9,11H2. The van der Waals surface area contributed by atoms with Gasteiger partial charge in [0.25, 0.3) is 5.56 Å². The Morgan fingerprint density at radius 1 is 1.13 bits per heavy atom. The van der Waals surface area contributed by atoms with Crippen LogP contribution in [0.4, 0.5) is 5.95 Å². The quantitative estimate of drug-likeness (QED) is 0.586. The molecule has 152 valence electrons. The molecule has 2 fully saturated rings. The molecule has 7 nitrogen and oxygen atoms in total. The van der Waals surface area contributed by atoms with Crippen LogP contribution in [0.15, 0.2) is 58.2 Å². The van der Waals surface area contributed by atoms with Crippen molar-refractivity contribution >= 4 is 21.9 Å². The molecule has 3 aromatic rings. The molecule has 6 rings (SSSR count). The van der Waals surface area contributed by atoms with Gasteiger partial charge in [-0.25, -0.2) is 20.0 Å². The van der Waals surface area contributed by atoms with Gasteiger partial charge in [-0.3, -0.25) is 14.2 Å². The number of fused-ring (bicyclic) bond motifs is 2. The summed E-state index contributed by atoms with van der Waals surface area (Å²) in [5, 5.41) is 1.91. The minimum absolute atomic E-state index is 0.0528. The van der Waals surface area contributed by atoms with E-state index in [1.165, 1.54) is 11.9 Å². The van der Waals surface area contributed by atoms with Gasteiger partial charge in [-0.15, -0.1) is 0 Å². The highest BCUT2D eigenvalue weighted by Gasteiger charge is 2.74. The monoisotopic (exact) mass is 465 g/mol. The topological polar surface area (TPSA) is 73.1 Å². The molecule has 2 aromatic heterocycles. The van der Waals surface area contributed by atoms with Gasteiger partial charge in [0.1, 0.15) is 17.5 Å². The molecule has 1 saturated heterocycles. The molecule has 1 spiro atoms. The van der Waals surface area contributed by atoms with Crippen LogP contribution in [0.5, 0.6) is 0 Å². The van der Waals surface area contributed by atoms with Crippen molar-refractivity contribution in [1.29, 1.82) is 0 Å². The summed E-state index contributed by atoms with van der Waals surface area (Å²) in [6.45, 7) is 0.670. The third-order valence-corrected chi connectivity index (χ3v) is 7.41. The van der Waals surface area contributed by atoms with E-state index >= 15 is 0 Å². The molecule has 1 aromatic carbocycles. The Labute approximate surface area is 181 Å². The van der Waals surface area contributed by atoms with E-state index in [9.17, 15) is 4.79 Å². The van der Waals surface area contributed by atoms with Gasteiger partial charge in [0.05, 0.1) is 11.4 Å². The number of halogens is 1. The molecule has 2 atom stereocenters. The number of hydrogen-bond donors (Lipinski definition) is 0. The molecular weight excluding hydrogens is 446 g/mol. The lowest BCUT2D eigenvalue weighted by Gasteiger charge is -2.73. The van der Waals surface area contributed by atoms with E-state index in [0.717, 1.165) is 36.6 Å². The maximum Gasteiger partial charge on any atom is 0.255 e. The van der Waals surface area contributed by atoms with Gasteiger partial charge < -0.3 is 0 Å².